The van der Waals surface area contributed by atoms with Gasteiger partial charge in [-0.25, -0.2) is 4.98 Å². The highest BCUT2D eigenvalue weighted by molar-refractivity contribution is 7.22. The van der Waals surface area contributed by atoms with Crippen molar-refractivity contribution in [3.8, 4) is 0 Å². The molecule has 0 saturated carbocycles. The van der Waals surface area contributed by atoms with Crippen LogP contribution in [0.2, 0.25) is 0 Å². The number of nitrogens with one attached hydrogen (secondary N) is 1. The minimum absolute atomic E-state index is 0.834. The van der Waals surface area contributed by atoms with E-state index < -0.39 is 0 Å². The van der Waals surface area contributed by atoms with Gasteiger partial charge < -0.3 is 10.1 Å². The molecule has 3 rings (SSSR count). The summed E-state index contributed by atoms with van der Waals surface area (Å²) in [7, 11) is 0. The van der Waals surface area contributed by atoms with Crippen LogP contribution in [0.1, 0.15) is 5.56 Å². The third kappa shape index (κ3) is 2.63. The number of hydrogen-bond acceptors (Lipinski definition) is 5. The van der Waals surface area contributed by atoms with Crippen molar-refractivity contribution in [2.45, 2.75) is 6.92 Å². The van der Waals surface area contributed by atoms with E-state index in [1.807, 2.05) is 0 Å². The lowest BCUT2D eigenvalue weighted by molar-refractivity contribution is 0.0414. The Morgan fingerprint density at radius 3 is 3.06 bits per heavy atom. The van der Waals surface area contributed by atoms with Crippen LogP contribution < -0.4 is 5.32 Å². The Morgan fingerprint density at radius 2 is 2.22 bits per heavy atom. The predicted molar refractivity (Wildman–Crippen MR) is 75.2 cm³/mol. The summed E-state index contributed by atoms with van der Waals surface area (Å²) in [5.74, 6) is 0. The maximum Gasteiger partial charge on any atom is 0.184 e. The van der Waals surface area contributed by atoms with Gasteiger partial charge in [0.25, 0.3) is 0 Å². The Kier molecular flexibility index (Phi) is 3.45. The molecule has 2 heterocycles. The Labute approximate surface area is 111 Å². The third-order valence-corrected chi connectivity index (χ3v) is 4.08. The van der Waals surface area contributed by atoms with Crippen LogP contribution >= 0.6 is 11.3 Å². The first-order valence-electron chi connectivity index (χ1n) is 6.22. The van der Waals surface area contributed by atoms with Gasteiger partial charge >= 0.3 is 0 Å². The summed E-state index contributed by atoms with van der Waals surface area (Å²) >= 11 is 1.72. The number of rotatable bonds is 3. The Morgan fingerprint density at radius 1 is 1.39 bits per heavy atom. The van der Waals surface area contributed by atoms with Crippen molar-refractivity contribution in [2.24, 2.45) is 0 Å². The number of hydrogen-bond donors (Lipinski definition) is 1. The van der Waals surface area contributed by atoms with Gasteiger partial charge in [-0.3, -0.25) is 4.90 Å². The molecule has 1 saturated heterocycles. The minimum atomic E-state index is 0.834. The molecule has 0 amide bonds. The predicted octanol–water partition coefficient (Wildman–Crippen LogP) is 2.31. The van der Waals surface area contributed by atoms with Gasteiger partial charge in [0.15, 0.2) is 5.13 Å². The first kappa shape index (κ1) is 11.9. The van der Waals surface area contributed by atoms with E-state index in [0.29, 0.717) is 0 Å². The second kappa shape index (κ2) is 5.22. The first-order chi connectivity index (χ1) is 8.81. The zero-order valence-electron chi connectivity index (χ0n) is 10.5. The zero-order chi connectivity index (χ0) is 12.4. The molecule has 1 aromatic carbocycles. The fourth-order valence-electron chi connectivity index (χ4n) is 2.05. The van der Waals surface area contributed by atoms with Crippen LogP contribution in [0.15, 0.2) is 18.2 Å². The lowest BCUT2D eigenvalue weighted by Gasteiger charge is -2.26. The van der Waals surface area contributed by atoms with E-state index in [2.05, 4.69) is 40.3 Å². The molecule has 1 fully saturated rings. The van der Waals surface area contributed by atoms with Gasteiger partial charge in [0.2, 0.25) is 0 Å². The number of aromatic nitrogens is 1. The highest BCUT2D eigenvalue weighted by Crippen LogP contribution is 2.26. The molecular formula is C13H17N3OS. The number of ether oxygens (including phenoxy) is 1. The summed E-state index contributed by atoms with van der Waals surface area (Å²) < 4.78 is 6.58. The summed E-state index contributed by atoms with van der Waals surface area (Å²) in [6, 6.07) is 6.38. The fraction of sp³-hybridized carbons (Fsp3) is 0.462. The van der Waals surface area contributed by atoms with E-state index in [9.17, 15) is 0 Å². The normalized spacial score (nSPS) is 17.2. The molecule has 4 nitrogen and oxygen atoms in total. The van der Waals surface area contributed by atoms with Crippen molar-refractivity contribution < 1.29 is 4.74 Å². The van der Waals surface area contributed by atoms with Crippen LogP contribution in [0.5, 0.6) is 0 Å². The summed E-state index contributed by atoms with van der Waals surface area (Å²) in [4.78, 5) is 6.94. The topological polar surface area (TPSA) is 37.4 Å². The molecule has 1 aliphatic rings. The van der Waals surface area contributed by atoms with Gasteiger partial charge in [0, 0.05) is 13.1 Å². The van der Waals surface area contributed by atoms with Gasteiger partial charge in [-0.05, 0) is 24.6 Å². The number of benzene rings is 1. The number of thiazole rings is 1. The molecule has 2 aromatic rings. The summed E-state index contributed by atoms with van der Waals surface area (Å²) in [5, 5.41) is 4.40. The zero-order valence-corrected chi connectivity index (χ0v) is 11.3. The van der Waals surface area contributed by atoms with Crippen molar-refractivity contribution >= 4 is 26.7 Å². The number of morpholine rings is 1. The Balaban J connectivity index is 1.67. The fourth-order valence-corrected chi connectivity index (χ4v) is 3.00. The number of nitrogens with zero attached hydrogens (tertiary/aromatic N) is 2. The molecule has 0 radical (unpaired) electrons. The van der Waals surface area contributed by atoms with Crippen LogP contribution in [0.3, 0.4) is 0 Å². The molecule has 1 aliphatic heterocycles. The molecule has 1 aromatic heterocycles. The van der Waals surface area contributed by atoms with Crippen LogP contribution in [0, 0.1) is 6.92 Å². The molecule has 0 unspecified atom stereocenters. The molecule has 18 heavy (non-hydrogen) atoms. The Bertz CT molecular complexity index is 534. The monoisotopic (exact) mass is 263 g/mol. The van der Waals surface area contributed by atoms with Gasteiger partial charge in [0.1, 0.15) is 0 Å². The third-order valence-electron chi connectivity index (χ3n) is 3.10. The van der Waals surface area contributed by atoms with E-state index in [4.69, 9.17) is 4.74 Å². The summed E-state index contributed by atoms with van der Waals surface area (Å²) in [6.07, 6.45) is 0. The van der Waals surface area contributed by atoms with Crippen LogP contribution in [-0.4, -0.2) is 42.9 Å². The smallest absolute Gasteiger partial charge is 0.184 e. The van der Waals surface area contributed by atoms with Crippen molar-refractivity contribution in [3.05, 3.63) is 23.8 Å². The van der Waals surface area contributed by atoms with Crippen LogP contribution in [-0.2, 0) is 4.74 Å². The van der Waals surface area contributed by atoms with Crippen molar-refractivity contribution in [1.29, 1.82) is 0 Å². The maximum atomic E-state index is 5.33. The molecule has 1 N–H and O–H groups in total. The number of anilines is 1. The van der Waals surface area contributed by atoms with Crippen molar-refractivity contribution in [1.82, 2.24) is 9.88 Å². The lowest BCUT2D eigenvalue weighted by Crippen LogP contribution is -2.39. The molecule has 0 atom stereocenters. The van der Waals surface area contributed by atoms with E-state index >= 15 is 0 Å². The highest BCUT2D eigenvalue weighted by Gasteiger charge is 2.10. The minimum Gasteiger partial charge on any atom is -0.379 e. The van der Waals surface area contributed by atoms with Gasteiger partial charge in [-0.15, -0.1) is 0 Å². The standard InChI is InChI=1S/C13H17N3OS/c1-10-2-3-11-12(8-10)18-13(15-11)14-9-16-4-6-17-7-5-16/h2-3,8H,4-7,9H2,1H3,(H,14,15). The molecule has 96 valence electrons. The van der Waals surface area contributed by atoms with E-state index in [0.717, 1.165) is 43.6 Å². The van der Waals surface area contributed by atoms with E-state index in [1.165, 1.54) is 10.3 Å². The second-order valence-corrected chi connectivity index (χ2v) is 5.59. The number of aryl methyl sites for hydroxylation is 1. The van der Waals surface area contributed by atoms with Crippen LogP contribution in [0.25, 0.3) is 10.2 Å². The maximum absolute atomic E-state index is 5.33. The SMILES string of the molecule is Cc1ccc2nc(NCN3CCOCC3)sc2c1. The van der Waals surface area contributed by atoms with Crippen molar-refractivity contribution in [3.63, 3.8) is 0 Å². The summed E-state index contributed by atoms with van der Waals surface area (Å²) in [5.41, 5.74) is 2.36. The van der Waals surface area contributed by atoms with Gasteiger partial charge in [0.05, 0.1) is 30.1 Å². The molecule has 0 aliphatic carbocycles. The second-order valence-electron chi connectivity index (χ2n) is 4.56. The quantitative estimate of drug-likeness (QED) is 0.922. The largest absolute Gasteiger partial charge is 0.379 e. The first-order valence-corrected chi connectivity index (χ1v) is 7.04. The number of fused-ring (bicyclic) bond motifs is 1. The summed E-state index contributed by atoms with van der Waals surface area (Å²) in [6.45, 7) is 6.62. The lowest BCUT2D eigenvalue weighted by atomic mass is 10.2. The highest BCUT2D eigenvalue weighted by atomic mass is 32.1. The van der Waals surface area contributed by atoms with E-state index in [-0.39, 0.29) is 0 Å². The van der Waals surface area contributed by atoms with E-state index in [1.54, 1.807) is 11.3 Å². The van der Waals surface area contributed by atoms with Crippen LogP contribution in [0.4, 0.5) is 5.13 Å². The molecular weight excluding hydrogens is 246 g/mol. The van der Waals surface area contributed by atoms with Crippen molar-refractivity contribution in [2.75, 3.05) is 38.3 Å². The van der Waals surface area contributed by atoms with Gasteiger partial charge in [-0.1, -0.05) is 17.4 Å². The molecule has 5 heteroatoms. The molecule has 0 spiro atoms. The average Bonchev–Trinajstić information content (AvgIpc) is 2.79. The average molecular weight is 263 g/mol. The molecule has 0 bridgehead atoms. The van der Waals surface area contributed by atoms with Gasteiger partial charge in [-0.2, -0.15) is 0 Å². The Hall–Kier alpha value is -1.17.